The van der Waals surface area contributed by atoms with Gasteiger partial charge in [-0.05, 0) is 17.7 Å². The second-order valence-corrected chi connectivity index (χ2v) is 8.63. The second kappa shape index (κ2) is 10.3. The lowest BCUT2D eigenvalue weighted by Gasteiger charge is -2.31. The molecule has 4 aromatic rings. The highest BCUT2D eigenvalue weighted by molar-refractivity contribution is 6.03. The van der Waals surface area contributed by atoms with Crippen LogP contribution < -0.4 is 9.47 Å². The number of hydrogen-bond donors (Lipinski definition) is 1. The fourth-order valence-electron chi connectivity index (χ4n) is 4.55. The van der Waals surface area contributed by atoms with Gasteiger partial charge >= 0.3 is 5.97 Å². The highest BCUT2D eigenvalue weighted by Gasteiger charge is 2.33. The summed E-state index contributed by atoms with van der Waals surface area (Å²) in [4.78, 5) is 19.6. The maximum Gasteiger partial charge on any atom is 0.329 e. The van der Waals surface area contributed by atoms with Crippen molar-refractivity contribution in [1.82, 2.24) is 9.97 Å². The van der Waals surface area contributed by atoms with Crippen LogP contribution in [0, 0.1) is 0 Å². The Balaban J connectivity index is 1.56. The molecule has 9 heteroatoms. The van der Waals surface area contributed by atoms with Crippen LogP contribution in [0.3, 0.4) is 0 Å². The minimum absolute atomic E-state index is 0.132. The van der Waals surface area contributed by atoms with Crippen molar-refractivity contribution in [2.24, 2.45) is 0 Å². The van der Waals surface area contributed by atoms with Gasteiger partial charge in [0.1, 0.15) is 42.1 Å². The molecule has 1 saturated carbocycles. The molecule has 0 bridgehead atoms. The fraction of sp³-hybridized carbons (Fsp3) is 0.296. The van der Waals surface area contributed by atoms with E-state index in [4.69, 9.17) is 23.7 Å². The molecule has 2 aromatic carbocycles. The van der Waals surface area contributed by atoms with Crippen LogP contribution >= 0.6 is 0 Å². The number of benzene rings is 2. The summed E-state index contributed by atoms with van der Waals surface area (Å²) in [5.41, 5.74) is 2.80. The Hall–Kier alpha value is -3.98. The number of alkyl halides is 1. The largest absolute Gasteiger partial charge is 0.497 e. The van der Waals surface area contributed by atoms with Crippen LogP contribution in [0.2, 0.25) is 0 Å². The summed E-state index contributed by atoms with van der Waals surface area (Å²) >= 11 is 0. The van der Waals surface area contributed by atoms with Crippen molar-refractivity contribution in [3.8, 4) is 34.1 Å². The zero-order valence-electron chi connectivity index (χ0n) is 19.6. The van der Waals surface area contributed by atoms with E-state index in [1.807, 2.05) is 54.6 Å². The molecule has 0 saturated heterocycles. The summed E-state index contributed by atoms with van der Waals surface area (Å²) in [5.74, 6) is 0.495. The zero-order chi connectivity index (χ0) is 25.1. The number of aromatic nitrogens is 2. The number of fused-ring (bicyclic) bond motifs is 1. The molecule has 2 aromatic heterocycles. The van der Waals surface area contributed by atoms with Gasteiger partial charge in [-0.25, -0.2) is 19.2 Å². The quantitative estimate of drug-likeness (QED) is 0.353. The van der Waals surface area contributed by atoms with E-state index in [-0.39, 0.29) is 18.7 Å². The SMILES string of the molecule is COc1ccc(-c2c(-c3ccccc3)oc3ncnc(O[C@H]4C[C@H](F)C[C@@H](OCC(=O)O)C4)c23)cc1. The molecule has 0 spiro atoms. The average molecular weight is 493 g/mol. The molecule has 1 aliphatic carbocycles. The molecule has 0 radical (unpaired) electrons. The van der Waals surface area contributed by atoms with E-state index in [0.29, 0.717) is 29.0 Å². The van der Waals surface area contributed by atoms with Crippen LogP contribution in [-0.4, -0.2) is 53.1 Å². The highest BCUT2D eigenvalue weighted by atomic mass is 19.1. The van der Waals surface area contributed by atoms with Gasteiger partial charge in [0, 0.05) is 30.4 Å². The monoisotopic (exact) mass is 492 g/mol. The van der Waals surface area contributed by atoms with E-state index < -0.39 is 31.0 Å². The summed E-state index contributed by atoms with van der Waals surface area (Å²) in [6.07, 6.45) is -0.304. The van der Waals surface area contributed by atoms with E-state index >= 15 is 0 Å². The first-order valence-electron chi connectivity index (χ1n) is 11.6. The van der Waals surface area contributed by atoms with E-state index in [1.165, 1.54) is 6.33 Å². The van der Waals surface area contributed by atoms with Crippen LogP contribution in [0.5, 0.6) is 11.6 Å². The number of hydrogen-bond acceptors (Lipinski definition) is 7. The third-order valence-corrected chi connectivity index (χ3v) is 6.15. The predicted octanol–water partition coefficient (Wildman–Crippen LogP) is 5.30. The Labute approximate surface area is 206 Å². The van der Waals surface area contributed by atoms with E-state index in [2.05, 4.69) is 9.97 Å². The van der Waals surface area contributed by atoms with E-state index in [1.54, 1.807) is 7.11 Å². The van der Waals surface area contributed by atoms with Gasteiger partial charge in [0.2, 0.25) is 11.6 Å². The minimum atomic E-state index is -1.18. The van der Waals surface area contributed by atoms with Crippen LogP contribution in [0.4, 0.5) is 4.39 Å². The van der Waals surface area contributed by atoms with Crippen LogP contribution in [0.25, 0.3) is 33.6 Å². The number of nitrogens with zero attached hydrogens (tertiary/aromatic N) is 2. The minimum Gasteiger partial charge on any atom is -0.497 e. The Morgan fingerprint density at radius 1 is 1.03 bits per heavy atom. The molecule has 36 heavy (non-hydrogen) atoms. The number of methoxy groups -OCH3 is 1. The smallest absolute Gasteiger partial charge is 0.329 e. The molecule has 3 atom stereocenters. The Bertz CT molecular complexity index is 1340. The lowest BCUT2D eigenvalue weighted by molar-refractivity contribution is -0.146. The van der Waals surface area contributed by atoms with Crippen molar-refractivity contribution in [1.29, 1.82) is 0 Å². The number of aliphatic carboxylic acids is 1. The maximum atomic E-state index is 14.5. The second-order valence-electron chi connectivity index (χ2n) is 8.63. The van der Waals surface area contributed by atoms with Gasteiger partial charge in [0.15, 0.2) is 0 Å². The molecule has 0 amide bonds. The van der Waals surface area contributed by atoms with Crippen LogP contribution in [0.15, 0.2) is 65.3 Å². The lowest BCUT2D eigenvalue weighted by Crippen LogP contribution is -2.36. The first-order valence-corrected chi connectivity index (χ1v) is 11.6. The Kier molecular flexibility index (Phi) is 6.81. The van der Waals surface area contributed by atoms with Crippen LogP contribution in [-0.2, 0) is 9.53 Å². The number of halogens is 1. The summed E-state index contributed by atoms with van der Waals surface area (Å²) < 4.78 is 37.6. The number of ether oxygens (including phenoxy) is 3. The normalized spacial score (nSPS) is 19.8. The summed E-state index contributed by atoms with van der Waals surface area (Å²) in [5, 5.41) is 9.49. The van der Waals surface area contributed by atoms with Gasteiger partial charge in [-0.2, -0.15) is 0 Å². The standard InChI is InChI=1S/C27H25FN2O6/c1-33-19-9-7-16(8-10-19)23-24-26(35-21-12-18(28)11-20(13-21)34-14-22(31)32)29-15-30-27(24)36-25(23)17-5-3-2-4-6-17/h2-10,15,18,20-21H,11-14H2,1H3,(H,31,32)/t18-,20-,21+/m1/s1. The molecule has 2 heterocycles. The van der Waals surface area contributed by atoms with Gasteiger partial charge < -0.3 is 23.7 Å². The number of furan rings is 1. The Morgan fingerprint density at radius 3 is 2.50 bits per heavy atom. The fourth-order valence-corrected chi connectivity index (χ4v) is 4.55. The number of rotatable bonds is 8. The van der Waals surface area contributed by atoms with Crippen LogP contribution in [0.1, 0.15) is 19.3 Å². The topological polar surface area (TPSA) is 104 Å². The van der Waals surface area contributed by atoms with Crippen molar-refractivity contribution >= 4 is 17.1 Å². The van der Waals surface area contributed by atoms with Gasteiger partial charge in [-0.1, -0.05) is 42.5 Å². The third kappa shape index (κ3) is 5.01. The van der Waals surface area contributed by atoms with Crippen molar-refractivity contribution in [2.45, 2.75) is 37.6 Å². The molecule has 1 aliphatic rings. The molecular formula is C27H25FN2O6. The molecule has 0 unspecified atom stereocenters. The number of carbonyl (C=O) groups is 1. The third-order valence-electron chi connectivity index (χ3n) is 6.15. The number of carboxylic acids is 1. The molecule has 5 rings (SSSR count). The molecule has 186 valence electrons. The van der Waals surface area contributed by atoms with Gasteiger partial charge in [0.05, 0.1) is 13.2 Å². The van der Waals surface area contributed by atoms with E-state index in [9.17, 15) is 9.18 Å². The van der Waals surface area contributed by atoms with Crippen molar-refractivity contribution < 1.29 is 32.9 Å². The highest BCUT2D eigenvalue weighted by Crippen LogP contribution is 2.44. The summed E-state index contributed by atoms with van der Waals surface area (Å²) in [6.45, 7) is -0.481. The number of carboxylic acid groups (broad SMARTS) is 1. The van der Waals surface area contributed by atoms with Gasteiger partial charge in [0.25, 0.3) is 0 Å². The van der Waals surface area contributed by atoms with Crippen molar-refractivity contribution in [3.05, 3.63) is 60.9 Å². The molecule has 0 aliphatic heterocycles. The maximum absolute atomic E-state index is 14.5. The average Bonchev–Trinajstić information content (AvgIpc) is 3.28. The first-order chi connectivity index (χ1) is 17.5. The lowest BCUT2D eigenvalue weighted by atomic mass is 9.93. The van der Waals surface area contributed by atoms with Crippen molar-refractivity contribution in [3.63, 3.8) is 0 Å². The molecule has 1 N–H and O–H groups in total. The van der Waals surface area contributed by atoms with Gasteiger partial charge in [-0.15, -0.1) is 0 Å². The van der Waals surface area contributed by atoms with Gasteiger partial charge in [-0.3, -0.25) is 0 Å². The predicted molar refractivity (Wildman–Crippen MR) is 130 cm³/mol. The van der Waals surface area contributed by atoms with Crippen molar-refractivity contribution in [2.75, 3.05) is 13.7 Å². The summed E-state index contributed by atoms with van der Waals surface area (Å²) in [6, 6.07) is 17.2. The Morgan fingerprint density at radius 2 is 1.78 bits per heavy atom. The summed E-state index contributed by atoms with van der Waals surface area (Å²) in [7, 11) is 1.60. The first kappa shape index (κ1) is 23.7. The molecule has 8 nitrogen and oxygen atoms in total. The molecule has 1 fully saturated rings. The molecular weight excluding hydrogens is 467 g/mol. The van der Waals surface area contributed by atoms with E-state index in [0.717, 1.165) is 16.7 Å². The zero-order valence-corrected chi connectivity index (χ0v) is 19.6.